The van der Waals surface area contributed by atoms with Crippen molar-refractivity contribution < 1.29 is 14.4 Å². The van der Waals surface area contributed by atoms with Crippen molar-refractivity contribution in [1.82, 2.24) is 0 Å². The van der Waals surface area contributed by atoms with Crippen molar-refractivity contribution in [2.45, 2.75) is 64.1 Å². The largest absolute Gasteiger partial charge is 0.508 e. The molecule has 0 spiro atoms. The van der Waals surface area contributed by atoms with Crippen LogP contribution in [-0.2, 0) is 14.7 Å². The first kappa shape index (κ1) is 14.0. The molecule has 108 valence electrons. The van der Waals surface area contributed by atoms with E-state index in [2.05, 4.69) is 13.0 Å². The van der Waals surface area contributed by atoms with Gasteiger partial charge in [0.25, 0.3) is 0 Å². The molecule has 20 heavy (non-hydrogen) atoms. The topological polar surface area (TPSA) is 38.7 Å². The molecule has 1 saturated heterocycles. The fourth-order valence-electron chi connectivity index (χ4n) is 2.57. The summed E-state index contributed by atoms with van der Waals surface area (Å²) in [4.78, 5) is 0. The maximum absolute atomic E-state index is 9.99. The molecule has 0 radical (unpaired) electrons. The predicted molar refractivity (Wildman–Crippen MR) is 80.4 cm³/mol. The zero-order valence-corrected chi connectivity index (χ0v) is 13.0. The molecule has 0 atom stereocenters. The third kappa shape index (κ3) is 2.15. The second-order valence-corrected chi connectivity index (χ2v) is 7.46. The molecule has 1 aliphatic heterocycles. The van der Waals surface area contributed by atoms with E-state index in [0.717, 1.165) is 5.46 Å². The van der Waals surface area contributed by atoms with Gasteiger partial charge in [-0.2, -0.15) is 0 Å². The lowest BCUT2D eigenvalue weighted by Crippen LogP contribution is -2.41. The van der Waals surface area contributed by atoms with E-state index in [4.69, 9.17) is 9.31 Å². The van der Waals surface area contributed by atoms with Gasteiger partial charge < -0.3 is 14.4 Å². The van der Waals surface area contributed by atoms with Gasteiger partial charge in [0.2, 0.25) is 0 Å². The first-order valence-corrected chi connectivity index (χ1v) is 7.33. The average molecular weight is 274 g/mol. The molecule has 3 nitrogen and oxygen atoms in total. The highest BCUT2D eigenvalue weighted by molar-refractivity contribution is 6.62. The lowest BCUT2D eigenvalue weighted by molar-refractivity contribution is 0.00578. The van der Waals surface area contributed by atoms with Gasteiger partial charge in [-0.05, 0) is 69.1 Å². The van der Waals surface area contributed by atoms with Crippen LogP contribution in [0.1, 0.15) is 53.0 Å². The molecule has 1 aliphatic carbocycles. The van der Waals surface area contributed by atoms with Crippen molar-refractivity contribution in [2.75, 3.05) is 0 Å². The summed E-state index contributed by atoms with van der Waals surface area (Å²) in [6.45, 7) is 10.4. The predicted octanol–water partition coefficient (Wildman–Crippen LogP) is 2.74. The number of benzene rings is 1. The molecular weight excluding hydrogens is 251 g/mol. The van der Waals surface area contributed by atoms with Gasteiger partial charge in [-0.25, -0.2) is 0 Å². The molecule has 1 aromatic rings. The molecule has 1 aromatic carbocycles. The van der Waals surface area contributed by atoms with Crippen molar-refractivity contribution >= 4 is 12.6 Å². The van der Waals surface area contributed by atoms with Crippen molar-refractivity contribution in [3.8, 4) is 5.75 Å². The lowest BCUT2D eigenvalue weighted by Gasteiger charge is -2.32. The molecule has 4 heteroatoms. The third-order valence-electron chi connectivity index (χ3n) is 5.16. The smallest absolute Gasteiger partial charge is 0.494 e. The van der Waals surface area contributed by atoms with Gasteiger partial charge >= 0.3 is 7.12 Å². The minimum Gasteiger partial charge on any atom is -0.508 e. The van der Waals surface area contributed by atoms with Crippen LogP contribution in [0.25, 0.3) is 0 Å². The number of hydrogen-bond donors (Lipinski definition) is 1. The normalized spacial score (nSPS) is 25.8. The van der Waals surface area contributed by atoms with Crippen LogP contribution in [0, 0.1) is 0 Å². The van der Waals surface area contributed by atoms with Gasteiger partial charge in [-0.15, -0.1) is 0 Å². The number of phenols is 1. The Kier molecular flexibility index (Phi) is 2.80. The molecular formula is C16H23BO3. The SMILES string of the molecule is CC1(c2cc(O)cc(B3OC(C)(C)C(C)(C)O3)c2)CC1. The van der Waals surface area contributed by atoms with E-state index in [9.17, 15) is 5.11 Å². The molecule has 3 rings (SSSR count). The fourth-order valence-corrected chi connectivity index (χ4v) is 2.57. The highest BCUT2D eigenvalue weighted by Crippen LogP contribution is 2.48. The average Bonchev–Trinajstić information content (AvgIpc) is 3.01. The van der Waals surface area contributed by atoms with E-state index in [1.165, 1.54) is 18.4 Å². The van der Waals surface area contributed by atoms with Crippen LogP contribution in [0.5, 0.6) is 5.75 Å². The fraction of sp³-hybridized carbons (Fsp3) is 0.625. The Balaban J connectivity index is 1.94. The Morgan fingerprint density at radius 2 is 1.50 bits per heavy atom. The molecule has 1 heterocycles. The summed E-state index contributed by atoms with van der Waals surface area (Å²) in [6, 6.07) is 5.73. The summed E-state index contributed by atoms with van der Waals surface area (Å²) in [5.74, 6) is 0.292. The summed E-state index contributed by atoms with van der Waals surface area (Å²) in [5, 5.41) is 9.99. The van der Waals surface area contributed by atoms with E-state index in [1.807, 2.05) is 33.8 Å². The zero-order valence-electron chi connectivity index (χ0n) is 13.0. The molecule has 0 unspecified atom stereocenters. The third-order valence-corrected chi connectivity index (χ3v) is 5.16. The van der Waals surface area contributed by atoms with E-state index in [1.54, 1.807) is 6.07 Å². The Labute approximate surface area is 121 Å². The van der Waals surface area contributed by atoms with Crippen molar-refractivity contribution in [1.29, 1.82) is 0 Å². The zero-order chi connectivity index (χ0) is 14.8. The van der Waals surface area contributed by atoms with Crippen LogP contribution in [-0.4, -0.2) is 23.4 Å². The first-order chi connectivity index (χ1) is 9.13. The second-order valence-electron chi connectivity index (χ2n) is 7.46. The summed E-state index contributed by atoms with van der Waals surface area (Å²) in [7, 11) is -0.409. The van der Waals surface area contributed by atoms with E-state index >= 15 is 0 Å². The summed E-state index contributed by atoms with van der Waals surface area (Å²) < 4.78 is 12.1. The number of rotatable bonds is 2. The van der Waals surface area contributed by atoms with Crippen LogP contribution in [0.15, 0.2) is 18.2 Å². The number of phenolic OH excluding ortho intramolecular Hbond substituents is 1. The minimum absolute atomic E-state index is 0.219. The van der Waals surface area contributed by atoms with E-state index in [0.29, 0.717) is 5.75 Å². The molecule has 0 amide bonds. The molecule has 1 saturated carbocycles. The van der Waals surface area contributed by atoms with Crippen LogP contribution in [0.3, 0.4) is 0 Å². The van der Waals surface area contributed by atoms with Crippen molar-refractivity contribution in [3.63, 3.8) is 0 Å². The van der Waals surface area contributed by atoms with Crippen LogP contribution < -0.4 is 5.46 Å². The van der Waals surface area contributed by atoms with Crippen molar-refractivity contribution in [2.24, 2.45) is 0 Å². The first-order valence-electron chi connectivity index (χ1n) is 7.33. The summed E-state index contributed by atoms with van der Waals surface area (Å²) in [6.07, 6.45) is 2.36. The molecule has 2 fully saturated rings. The van der Waals surface area contributed by atoms with Gasteiger partial charge in [0.05, 0.1) is 11.2 Å². The molecule has 0 bridgehead atoms. The van der Waals surface area contributed by atoms with Crippen LogP contribution >= 0.6 is 0 Å². The van der Waals surface area contributed by atoms with Gasteiger partial charge in [-0.1, -0.05) is 13.0 Å². The van der Waals surface area contributed by atoms with Crippen molar-refractivity contribution in [3.05, 3.63) is 23.8 Å². The Morgan fingerprint density at radius 1 is 0.950 bits per heavy atom. The van der Waals surface area contributed by atoms with Crippen LogP contribution in [0.4, 0.5) is 0 Å². The molecule has 2 aliphatic rings. The van der Waals surface area contributed by atoms with Gasteiger partial charge in [0.1, 0.15) is 5.75 Å². The van der Waals surface area contributed by atoms with Gasteiger partial charge in [0, 0.05) is 0 Å². The van der Waals surface area contributed by atoms with E-state index < -0.39 is 7.12 Å². The number of aromatic hydroxyl groups is 1. The maximum Gasteiger partial charge on any atom is 0.494 e. The number of hydrogen-bond acceptors (Lipinski definition) is 3. The monoisotopic (exact) mass is 274 g/mol. The highest BCUT2D eigenvalue weighted by atomic mass is 16.7. The lowest BCUT2D eigenvalue weighted by atomic mass is 9.77. The maximum atomic E-state index is 9.99. The second kappa shape index (κ2) is 4.02. The summed E-state index contributed by atoms with van der Waals surface area (Å²) in [5.41, 5.74) is 1.60. The van der Waals surface area contributed by atoms with Gasteiger partial charge in [-0.3, -0.25) is 0 Å². The highest BCUT2D eigenvalue weighted by Gasteiger charge is 2.52. The molecule has 0 aromatic heterocycles. The molecule has 1 N–H and O–H groups in total. The van der Waals surface area contributed by atoms with Crippen LogP contribution in [0.2, 0.25) is 0 Å². The Hall–Kier alpha value is -0.995. The Bertz CT molecular complexity index is 531. The quantitative estimate of drug-likeness (QED) is 0.843. The Morgan fingerprint density at radius 3 is 2.00 bits per heavy atom. The van der Waals surface area contributed by atoms with E-state index in [-0.39, 0.29) is 16.6 Å². The van der Waals surface area contributed by atoms with Gasteiger partial charge in [0.15, 0.2) is 0 Å². The summed E-state index contributed by atoms with van der Waals surface area (Å²) >= 11 is 0. The standard InChI is InChI=1S/C16H23BO3/c1-14(2)15(3,4)20-17(19-14)12-8-11(9-13(18)10-12)16(5)6-7-16/h8-10,18H,6-7H2,1-5H3. The minimum atomic E-state index is -0.409.